The van der Waals surface area contributed by atoms with Crippen molar-refractivity contribution in [3.8, 4) is 0 Å². The van der Waals surface area contributed by atoms with E-state index < -0.39 is 11.9 Å². The molecule has 116 valence electrons. The number of hydrogen-bond donors (Lipinski definition) is 1. The highest BCUT2D eigenvalue weighted by atomic mass is 32.1. The van der Waals surface area contributed by atoms with Gasteiger partial charge in [-0.3, -0.25) is 4.79 Å². The zero-order valence-corrected chi connectivity index (χ0v) is 13.4. The van der Waals surface area contributed by atoms with Crippen LogP contribution in [-0.4, -0.2) is 31.6 Å². The minimum atomic E-state index is -0.592. The minimum Gasteiger partial charge on any atom is -0.465 e. The van der Waals surface area contributed by atoms with E-state index in [9.17, 15) is 14.4 Å². The second-order valence-corrected chi connectivity index (χ2v) is 5.29. The molecular formula is C14H19NO5S. The molecule has 21 heavy (non-hydrogen) atoms. The first-order chi connectivity index (χ1) is 9.96. The van der Waals surface area contributed by atoms with Gasteiger partial charge in [-0.1, -0.05) is 6.92 Å². The minimum absolute atomic E-state index is 0.204. The summed E-state index contributed by atoms with van der Waals surface area (Å²) in [5.74, 6) is -1.31. The van der Waals surface area contributed by atoms with Gasteiger partial charge in [-0.2, -0.15) is 0 Å². The maximum absolute atomic E-state index is 11.9. The lowest BCUT2D eigenvalue weighted by molar-refractivity contribution is -0.116. The predicted molar refractivity (Wildman–Crippen MR) is 79.9 cm³/mol. The third kappa shape index (κ3) is 4.04. The highest BCUT2D eigenvalue weighted by Crippen LogP contribution is 2.34. The predicted octanol–water partition coefficient (Wildman–Crippen LogP) is 2.76. The summed E-state index contributed by atoms with van der Waals surface area (Å²) in [6.45, 7) is 5.45. The lowest BCUT2D eigenvalue weighted by Gasteiger charge is -2.05. The van der Waals surface area contributed by atoms with Crippen molar-refractivity contribution in [1.29, 1.82) is 0 Å². The summed E-state index contributed by atoms with van der Waals surface area (Å²) < 4.78 is 9.67. The summed E-state index contributed by atoms with van der Waals surface area (Å²) in [6, 6.07) is 0. The summed E-state index contributed by atoms with van der Waals surface area (Å²) in [5.41, 5.74) is 0.659. The first-order valence-corrected chi connectivity index (χ1v) is 7.46. The third-order valence-electron chi connectivity index (χ3n) is 2.73. The van der Waals surface area contributed by atoms with E-state index in [-0.39, 0.29) is 18.1 Å². The fraction of sp³-hybridized carbons (Fsp3) is 0.500. The Morgan fingerprint density at radius 1 is 1.19 bits per heavy atom. The number of methoxy groups -OCH3 is 1. The molecule has 0 radical (unpaired) electrons. The van der Waals surface area contributed by atoms with Gasteiger partial charge in [-0.05, 0) is 25.8 Å². The molecule has 0 aromatic carbocycles. The lowest BCUT2D eigenvalue weighted by Crippen LogP contribution is -2.13. The molecule has 0 saturated carbocycles. The van der Waals surface area contributed by atoms with Gasteiger partial charge in [0.2, 0.25) is 5.91 Å². The zero-order chi connectivity index (χ0) is 16.0. The second kappa shape index (κ2) is 7.78. The van der Waals surface area contributed by atoms with Gasteiger partial charge in [0.05, 0.1) is 19.3 Å². The van der Waals surface area contributed by atoms with E-state index in [2.05, 4.69) is 5.32 Å². The van der Waals surface area contributed by atoms with Gasteiger partial charge in [-0.25, -0.2) is 9.59 Å². The molecular weight excluding hydrogens is 294 g/mol. The van der Waals surface area contributed by atoms with Crippen LogP contribution in [0.25, 0.3) is 0 Å². The molecule has 1 rings (SSSR count). The molecule has 0 bridgehead atoms. The molecule has 0 atom stereocenters. The topological polar surface area (TPSA) is 81.7 Å². The zero-order valence-electron chi connectivity index (χ0n) is 12.6. The van der Waals surface area contributed by atoms with Gasteiger partial charge >= 0.3 is 11.9 Å². The number of rotatable bonds is 6. The number of carbonyl (C=O) groups excluding carboxylic acids is 3. The average Bonchev–Trinajstić information content (AvgIpc) is 2.75. The number of thiophene rings is 1. The van der Waals surface area contributed by atoms with Crippen LogP contribution in [0.2, 0.25) is 0 Å². The van der Waals surface area contributed by atoms with E-state index in [4.69, 9.17) is 9.47 Å². The highest BCUT2D eigenvalue weighted by molar-refractivity contribution is 7.18. The van der Waals surface area contributed by atoms with Gasteiger partial charge in [0.25, 0.3) is 0 Å². The Labute approximate surface area is 127 Å². The molecule has 7 heteroatoms. The van der Waals surface area contributed by atoms with Crippen molar-refractivity contribution in [2.24, 2.45) is 0 Å². The van der Waals surface area contributed by atoms with Crippen LogP contribution in [-0.2, 0) is 14.3 Å². The molecule has 1 heterocycles. The maximum Gasteiger partial charge on any atom is 0.348 e. The van der Waals surface area contributed by atoms with E-state index in [1.165, 1.54) is 7.11 Å². The normalized spacial score (nSPS) is 10.1. The number of ether oxygens (including phenoxy) is 2. The van der Waals surface area contributed by atoms with E-state index in [0.717, 1.165) is 11.3 Å². The molecule has 1 aromatic rings. The standard InChI is InChI=1S/C14H19NO5S/c1-5-7-9(16)15-12-10(13(17)19-4)8(3)11(21-12)14(18)20-6-2/h5-7H2,1-4H3,(H,15,16). The van der Waals surface area contributed by atoms with Crippen LogP contribution in [0.15, 0.2) is 0 Å². The van der Waals surface area contributed by atoms with Gasteiger partial charge in [0.15, 0.2) is 0 Å². The molecule has 1 aromatic heterocycles. The third-order valence-corrected chi connectivity index (χ3v) is 3.91. The van der Waals surface area contributed by atoms with Crippen LogP contribution < -0.4 is 5.32 Å². The molecule has 0 aliphatic rings. The molecule has 1 amide bonds. The molecule has 0 saturated heterocycles. The number of carbonyl (C=O) groups is 3. The number of amides is 1. The van der Waals surface area contributed by atoms with Gasteiger partial charge in [-0.15, -0.1) is 11.3 Å². The smallest absolute Gasteiger partial charge is 0.348 e. The Morgan fingerprint density at radius 2 is 1.86 bits per heavy atom. The first kappa shape index (κ1) is 17.2. The Morgan fingerprint density at radius 3 is 2.38 bits per heavy atom. The second-order valence-electron chi connectivity index (χ2n) is 4.27. The molecule has 0 fully saturated rings. The number of anilines is 1. The molecule has 6 nitrogen and oxygen atoms in total. The Balaban J connectivity index is 3.21. The van der Waals surface area contributed by atoms with E-state index >= 15 is 0 Å². The number of hydrogen-bond acceptors (Lipinski definition) is 6. The molecule has 0 aliphatic heterocycles. The van der Waals surface area contributed by atoms with Crippen molar-refractivity contribution in [2.45, 2.75) is 33.6 Å². The number of esters is 2. The fourth-order valence-corrected chi connectivity index (χ4v) is 2.86. The van der Waals surface area contributed by atoms with Gasteiger partial charge in [0.1, 0.15) is 9.88 Å². The Bertz CT molecular complexity index is 550. The number of nitrogens with one attached hydrogen (secondary N) is 1. The summed E-state index contributed by atoms with van der Waals surface area (Å²) in [5, 5.41) is 2.98. The monoisotopic (exact) mass is 313 g/mol. The van der Waals surface area contributed by atoms with Gasteiger partial charge in [0, 0.05) is 6.42 Å². The molecule has 0 spiro atoms. The Kier molecular flexibility index (Phi) is 6.36. The highest BCUT2D eigenvalue weighted by Gasteiger charge is 2.26. The van der Waals surface area contributed by atoms with Crippen molar-refractivity contribution >= 4 is 34.2 Å². The molecule has 1 N–H and O–H groups in total. The summed E-state index contributed by atoms with van der Waals surface area (Å²) in [7, 11) is 1.25. The van der Waals surface area contributed by atoms with E-state index in [1.807, 2.05) is 6.92 Å². The van der Waals surface area contributed by atoms with Crippen LogP contribution in [0.1, 0.15) is 52.3 Å². The van der Waals surface area contributed by atoms with Crippen molar-refractivity contribution in [1.82, 2.24) is 0 Å². The Hall–Kier alpha value is -1.89. The quantitative estimate of drug-likeness (QED) is 0.817. The van der Waals surface area contributed by atoms with Crippen LogP contribution in [0.5, 0.6) is 0 Å². The van der Waals surface area contributed by atoms with Crippen molar-refractivity contribution in [3.05, 3.63) is 16.0 Å². The molecule has 0 aliphatic carbocycles. The first-order valence-electron chi connectivity index (χ1n) is 6.64. The van der Waals surface area contributed by atoms with Crippen LogP contribution in [0.4, 0.5) is 5.00 Å². The summed E-state index contributed by atoms with van der Waals surface area (Å²) in [4.78, 5) is 35.8. The average molecular weight is 313 g/mol. The van der Waals surface area contributed by atoms with Gasteiger partial charge < -0.3 is 14.8 Å². The van der Waals surface area contributed by atoms with Crippen LogP contribution in [0.3, 0.4) is 0 Å². The van der Waals surface area contributed by atoms with Crippen molar-refractivity contribution in [2.75, 3.05) is 19.0 Å². The van der Waals surface area contributed by atoms with E-state index in [0.29, 0.717) is 28.3 Å². The fourth-order valence-electron chi connectivity index (χ4n) is 1.76. The maximum atomic E-state index is 11.9. The summed E-state index contributed by atoms with van der Waals surface area (Å²) >= 11 is 1.02. The molecule has 0 unspecified atom stereocenters. The van der Waals surface area contributed by atoms with Crippen LogP contribution >= 0.6 is 11.3 Å². The van der Waals surface area contributed by atoms with E-state index in [1.54, 1.807) is 13.8 Å². The van der Waals surface area contributed by atoms with Crippen molar-refractivity contribution < 1.29 is 23.9 Å². The largest absolute Gasteiger partial charge is 0.465 e. The van der Waals surface area contributed by atoms with Crippen molar-refractivity contribution in [3.63, 3.8) is 0 Å². The summed E-state index contributed by atoms with van der Waals surface area (Å²) in [6.07, 6.45) is 1.03. The van der Waals surface area contributed by atoms with Crippen LogP contribution in [0, 0.1) is 6.92 Å². The lowest BCUT2D eigenvalue weighted by atomic mass is 10.1. The SMILES string of the molecule is CCCC(=O)Nc1sc(C(=O)OCC)c(C)c1C(=O)OC.